The Morgan fingerprint density at radius 2 is 2.07 bits per heavy atom. The molecule has 2 aromatic rings. The Bertz CT molecular complexity index is 869. The first-order chi connectivity index (χ1) is 13.1. The fourth-order valence-electron chi connectivity index (χ4n) is 2.66. The van der Waals surface area contributed by atoms with E-state index in [-0.39, 0.29) is 23.5 Å². The van der Waals surface area contributed by atoms with Gasteiger partial charge in [0.25, 0.3) is 0 Å². The molecular weight excluding hydrogens is 390 g/mol. The number of aliphatic hydroxyl groups is 3. The number of thioether (sulfide) groups is 1. The van der Waals surface area contributed by atoms with Crippen LogP contribution >= 0.6 is 11.8 Å². The molecule has 5 N–H and O–H groups in total. The number of hydrogen-bond acceptors (Lipinski definition) is 11. The maximum absolute atomic E-state index is 11.9. The zero-order valence-corrected chi connectivity index (χ0v) is 16.5. The molecule has 2 aromatic heterocycles. The second-order valence-corrected chi connectivity index (χ2v) is 8.29. The van der Waals surface area contributed by atoms with Crippen molar-refractivity contribution in [1.82, 2.24) is 19.5 Å². The minimum atomic E-state index is -1.28. The van der Waals surface area contributed by atoms with Crippen LogP contribution in [-0.4, -0.2) is 71.7 Å². The number of esters is 1. The molecule has 0 radical (unpaired) electrons. The maximum atomic E-state index is 11.9. The first-order valence-electron chi connectivity index (χ1n) is 8.56. The lowest BCUT2D eigenvalue weighted by atomic mass is 9.98. The van der Waals surface area contributed by atoms with Gasteiger partial charge < -0.3 is 30.5 Å². The third-order valence-corrected chi connectivity index (χ3v) is 4.99. The summed E-state index contributed by atoms with van der Waals surface area (Å²) in [5.74, 6) is -0.372. The number of nitrogens with two attached hydrogens (primary N) is 1. The summed E-state index contributed by atoms with van der Waals surface area (Å²) in [5.41, 5.74) is 5.83. The summed E-state index contributed by atoms with van der Waals surface area (Å²) in [6, 6.07) is 0. The number of hydrogen-bond donors (Lipinski definition) is 4. The molecule has 12 heteroatoms. The second kappa shape index (κ2) is 7.79. The summed E-state index contributed by atoms with van der Waals surface area (Å²) in [5, 5.41) is 29.9. The van der Waals surface area contributed by atoms with Crippen LogP contribution in [0.25, 0.3) is 11.2 Å². The molecule has 154 valence electrons. The molecule has 3 heterocycles. The summed E-state index contributed by atoms with van der Waals surface area (Å²) in [6.07, 6.45) is -3.08. The van der Waals surface area contributed by atoms with E-state index in [1.165, 1.54) is 10.9 Å². The van der Waals surface area contributed by atoms with Crippen LogP contribution in [0.5, 0.6) is 0 Å². The van der Waals surface area contributed by atoms with Crippen molar-refractivity contribution in [3.8, 4) is 0 Å². The van der Waals surface area contributed by atoms with Crippen molar-refractivity contribution in [3.05, 3.63) is 6.33 Å². The van der Waals surface area contributed by atoms with E-state index in [0.29, 0.717) is 10.5 Å². The van der Waals surface area contributed by atoms with Crippen LogP contribution in [-0.2, 0) is 14.3 Å². The summed E-state index contributed by atoms with van der Waals surface area (Å²) in [4.78, 5) is 24.4. The number of ether oxygens (including phenoxy) is 2. The number of nitrogen functional groups attached to an aromatic ring is 1. The Kier molecular flexibility index (Phi) is 5.77. The first kappa shape index (κ1) is 20.7. The van der Waals surface area contributed by atoms with E-state index in [0.717, 1.165) is 11.8 Å². The average molecular weight is 413 g/mol. The van der Waals surface area contributed by atoms with E-state index in [2.05, 4.69) is 15.0 Å². The smallest absolute Gasteiger partial charge is 0.312 e. The predicted molar refractivity (Wildman–Crippen MR) is 99.0 cm³/mol. The molecule has 0 amide bonds. The fraction of sp³-hybridized carbons (Fsp3) is 0.625. The minimum absolute atomic E-state index is 0.0162. The quantitative estimate of drug-likeness (QED) is 0.219. The molecule has 11 nitrogen and oxygen atoms in total. The topological polar surface area (TPSA) is 166 Å². The number of aromatic nitrogens is 4. The van der Waals surface area contributed by atoms with Gasteiger partial charge in [-0.15, -0.1) is 0 Å². The molecule has 3 rings (SSSR count). The fourth-order valence-corrected chi connectivity index (χ4v) is 3.38. The highest BCUT2D eigenvalue weighted by Crippen LogP contribution is 2.33. The van der Waals surface area contributed by atoms with Gasteiger partial charge in [0.2, 0.25) is 5.95 Å². The SMILES string of the molecule is CC(C)(C)C(=O)OCSc1nc(N)nc2c1ncn2[C@@H]1O[C@H](CO)[C@@H](O)[C@H]1O. The summed E-state index contributed by atoms with van der Waals surface area (Å²) in [7, 11) is 0. The number of aliphatic hydroxyl groups excluding tert-OH is 3. The van der Waals surface area contributed by atoms with Crippen molar-refractivity contribution < 1.29 is 29.6 Å². The highest BCUT2D eigenvalue weighted by molar-refractivity contribution is 7.99. The summed E-state index contributed by atoms with van der Waals surface area (Å²) < 4.78 is 12.2. The average Bonchev–Trinajstić information content (AvgIpc) is 3.15. The van der Waals surface area contributed by atoms with Crippen LogP contribution in [0.2, 0.25) is 0 Å². The lowest BCUT2D eigenvalue weighted by molar-refractivity contribution is -0.150. The van der Waals surface area contributed by atoms with Gasteiger partial charge in [0.15, 0.2) is 11.9 Å². The van der Waals surface area contributed by atoms with Crippen molar-refractivity contribution in [2.75, 3.05) is 18.3 Å². The lowest BCUT2D eigenvalue weighted by Crippen LogP contribution is -2.33. The highest BCUT2D eigenvalue weighted by atomic mass is 32.2. The minimum Gasteiger partial charge on any atom is -0.454 e. The van der Waals surface area contributed by atoms with Gasteiger partial charge in [-0.25, -0.2) is 9.97 Å². The number of carbonyl (C=O) groups excluding carboxylic acids is 1. The second-order valence-electron chi connectivity index (χ2n) is 7.38. The van der Waals surface area contributed by atoms with E-state index >= 15 is 0 Å². The van der Waals surface area contributed by atoms with E-state index in [4.69, 9.17) is 15.2 Å². The molecule has 0 spiro atoms. The number of rotatable bonds is 5. The Morgan fingerprint density at radius 3 is 2.68 bits per heavy atom. The molecule has 4 atom stereocenters. The molecule has 1 saturated heterocycles. The monoisotopic (exact) mass is 413 g/mol. The summed E-state index contributed by atoms with van der Waals surface area (Å²) in [6.45, 7) is 4.81. The van der Waals surface area contributed by atoms with E-state index < -0.39 is 36.6 Å². The zero-order valence-electron chi connectivity index (χ0n) is 15.6. The number of imidazole rings is 1. The van der Waals surface area contributed by atoms with E-state index in [1.54, 1.807) is 20.8 Å². The molecule has 0 unspecified atom stereocenters. The summed E-state index contributed by atoms with van der Waals surface area (Å²) >= 11 is 1.13. The standard InChI is InChI=1S/C16H23N5O6S/c1-16(2,3)14(25)26-6-28-12-8-11(19-15(17)20-12)21(5-18-8)13-10(24)9(23)7(4-22)27-13/h5,7,9-10,13,22-24H,4,6H2,1-3H3,(H2,17,19,20)/t7-,9-,10-,13-/m1/s1. The van der Waals surface area contributed by atoms with Crippen LogP contribution in [0.4, 0.5) is 5.95 Å². The lowest BCUT2D eigenvalue weighted by Gasteiger charge is -2.17. The Hall–Kier alpha value is -1.99. The Morgan fingerprint density at radius 1 is 1.36 bits per heavy atom. The molecule has 0 aliphatic carbocycles. The highest BCUT2D eigenvalue weighted by Gasteiger charge is 2.44. The van der Waals surface area contributed by atoms with Crippen molar-refractivity contribution in [3.63, 3.8) is 0 Å². The van der Waals surface area contributed by atoms with Crippen molar-refractivity contribution in [2.45, 2.75) is 50.3 Å². The molecule has 0 saturated carbocycles. The largest absolute Gasteiger partial charge is 0.454 e. The Labute approximate surface area is 164 Å². The number of anilines is 1. The number of nitrogens with zero attached hydrogens (tertiary/aromatic N) is 4. The van der Waals surface area contributed by atoms with Crippen LogP contribution in [0, 0.1) is 5.41 Å². The van der Waals surface area contributed by atoms with Gasteiger partial charge in [-0.05, 0) is 20.8 Å². The van der Waals surface area contributed by atoms with Crippen LogP contribution in [0.15, 0.2) is 11.4 Å². The number of fused-ring (bicyclic) bond motifs is 1. The number of carbonyl (C=O) groups is 1. The predicted octanol–water partition coefficient (Wildman–Crippen LogP) is -0.341. The third-order valence-electron chi connectivity index (χ3n) is 4.20. The molecule has 28 heavy (non-hydrogen) atoms. The van der Waals surface area contributed by atoms with Gasteiger partial charge in [0.1, 0.15) is 34.8 Å². The van der Waals surface area contributed by atoms with Gasteiger partial charge >= 0.3 is 5.97 Å². The first-order valence-corrected chi connectivity index (χ1v) is 9.54. The zero-order chi connectivity index (χ0) is 20.6. The van der Waals surface area contributed by atoms with Crippen LogP contribution in [0.3, 0.4) is 0 Å². The van der Waals surface area contributed by atoms with Crippen molar-refractivity contribution in [1.29, 1.82) is 0 Å². The van der Waals surface area contributed by atoms with Crippen LogP contribution in [0.1, 0.15) is 27.0 Å². The van der Waals surface area contributed by atoms with Crippen LogP contribution < -0.4 is 5.73 Å². The van der Waals surface area contributed by atoms with Crippen molar-refractivity contribution in [2.24, 2.45) is 5.41 Å². The molecule has 1 fully saturated rings. The van der Waals surface area contributed by atoms with Crippen molar-refractivity contribution >= 4 is 34.8 Å². The molecule has 0 bridgehead atoms. The van der Waals surface area contributed by atoms with Gasteiger partial charge in [-0.3, -0.25) is 9.36 Å². The molecule has 1 aliphatic heterocycles. The van der Waals surface area contributed by atoms with Gasteiger partial charge in [0.05, 0.1) is 18.3 Å². The molecule has 1 aliphatic rings. The molecule has 0 aromatic carbocycles. The van der Waals surface area contributed by atoms with E-state index in [9.17, 15) is 20.1 Å². The van der Waals surface area contributed by atoms with Gasteiger partial charge in [0, 0.05) is 0 Å². The maximum Gasteiger partial charge on any atom is 0.312 e. The van der Waals surface area contributed by atoms with Gasteiger partial charge in [-0.2, -0.15) is 4.98 Å². The van der Waals surface area contributed by atoms with Gasteiger partial charge in [-0.1, -0.05) is 11.8 Å². The third kappa shape index (κ3) is 3.91. The Balaban J connectivity index is 1.84. The molecular formula is C16H23N5O6S. The normalized spacial score (nSPS) is 25.4. The van der Waals surface area contributed by atoms with E-state index in [1.807, 2.05) is 0 Å².